The number of hydrogen-bond acceptors (Lipinski definition) is 3. The predicted molar refractivity (Wildman–Crippen MR) is 48.4 cm³/mol. The summed E-state index contributed by atoms with van der Waals surface area (Å²) in [6.45, 7) is 4.91. The molecule has 0 saturated carbocycles. The average molecular weight is 199 g/mol. The molecule has 14 heavy (non-hydrogen) atoms. The van der Waals surface area contributed by atoms with Crippen LogP contribution < -0.4 is 16.0 Å². The number of imide groups is 1. The lowest BCUT2D eigenvalue weighted by Crippen LogP contribution is -2.57. The summed E-state index contributed by atoms with van der Waals surface area (Å²) < 4.78 is 0. The minimum Gasteiger partial charge on any atom is -0.351 e. The highest BCUT2D eigenvalue weighted by Gasteiger charge is 2.48. The number of urea groups is 1. The molecule has 3 N–H and O–H groups in total. The van der Waals surface area contributed by atoms with Crippen molar-refractivity contribution < 1.29 is 14.4 Å². The summed E-state index contributed by atoms with van der Waals surface area (Å²) in [5.41, 5.74) is -1.48. The summed E-state index contributed by atoms with van der Waals surface area (Å²) in [6.07, 6.45) is 0. The first kappa shape index (κ1) is 10.5. The van der Waals surface area contributed by atoms with Gasteiger partial charge in [0.25, 0.3) is 11.8 Å². The van der Waals surface area contributed by atoms with Crippen LogP contribution in [0.15, 0.2) is 0 Å². The fraction of sp³-hybridized carbons (Fsp3) is 0.625. The van der Waals surface area contributed by atoms with Gasteiger partial charge in [0.2, 0.25) is 0 Å². The van der Waals surface area contributed by atoms with Crippen molar-refractivity contribution in [2.24, 2.45) is 0 Å². The number of amides is 4. The van der Waals surface area contributed by atoms with Crippen molar-refractivity contribution in [2.75, 3.05) is 0 Å². The van der Waals surface area contributed by atoms with Crippen LogP contribution in [0.25, 0.3) is 0 Å². The summed E-state index contributed by atoms with van der Waals surface area (Å²) in [5, 5.41) is 6.85. The topological polar surface area (TPSA) is 87.3 Å². The Morgan fingerprint density at radius 1 is 1.43 bits per heavy atom. The molecule has 1 aliphatic rings. The van der Waals surface area contributed by atoms with Crippen LogP contribution in [0.3, 0.4) is 0 Å². The molecule has 6 nitrogen and oxygen atoms in total. The Morgan fingerprint density at radius 3 is 2.36 bits per heavy atom. The summed E-state index contributed by atoms with van der Waals surface area (Å²) >= 11 is 0. The first-order valence-electron chi connectivity index (χ1n) is 4.31. The number of nitrogens with one attached hydrogen (secondary N) is 3. The van der Waals surface area contributed by atoms with Gasteiger partial charge in [-0.05, 0) is 20.8 Å². The van der Waals surface area contributed by atoms with Crippen LogP contribution in [-0.4, -0.2) is 29.4 Å². The van der Waals surface area contributed by atoms with Crippen LogP contribution in [0.1, 0.15) is 20.8 Å². The molecule has 0 aliphatic carbocycles. The van der Waals surface area contributed by atoms with Crippen LogP contribution in [0.4, 0.5) is 4.79 Å². The monoisotopic (exact) mass is 199 g/mol. The molecule has 4 amide bonds. The molecule has 78 valence electrons. The Labute approximate surface area is 81.4 Å². The molecule has 0 aromatic heterocycles. The lowest BCUT2D eigenvalue weighted by Gasteiger charge is -2.20. The fourth-order valence-electron chi connectivity index (χ4n) is 1.11. The largest absolute Gasteiger partial charge is 0.351 e. The number of rotatable bonds is 2. The smallest absolute Gasteiger partial charge is 0.322 e. The van der Waals surface area contributed by atoms with Gasteiger partial charge in [0.1, 0.15) is 0 Å². The summed E-state index contributed by atoms with van der Waals surface area (Å²) in [7, 11) is 0. The molecule has 0 aromatic carbocycles. The van der Waals surface area contributed by atoms with Crippen LogP contribution in [0, 0.1) is 0 Å². The summed E-state index contributed by atoms with van der Waals surface area (Å²) in [5.74, 6) is -1.13. The van der Waals surface area contributed by atoms with Crippen molar-refractivity contribution in [3.63, 3.8) is 0 Å². The van der Waals surface area contributed by atoms with E-state index in [9.17, 15) is 14.4 Å². The normalized spacial score (nSPS) is 26.0. The molecule has 0 radical (unpaired) electrons. The SMILES string of the molecule is CC(C)NC(=O)C1(C)NC(=O)NC1=O. The minimum atomic E-state index is -1.48. The van der Waals surface area contributed by atoms with E-state index in [2.05, 4.69) is 10.6 Å². The summed E-state index contributed by atoms with van der Waals surface area (Å²) in [6, 6.07) is -0.721. The Balaban J connectivity index is 2.80. The van der Waals surface area contributed by atoms with E-state index in [1.807, 2.05) is 5.32 Å². The van der Waals surface area contributed by atoms with E-state index in [0.29, 0.717) is 0 Å². The van der Waals surface area contributed by atoms with E-state index >= 15 is 0 Å². The van der Waals surface area contributed by atoms with Crippen molar-refractivity contribution in [2.45, 2.75) is 32.4 Å². The molecule has 1 heterocycles. The van der Waals surface area contributed by atoms with Gasteiger partial charge >= 0.3 is 6.03 Å². The fourth-order valence-corrected chi connectivity index (χ4v) is 1.11. The van der Waals surface area contributed by atoms with E-state index in [0.717, 1.165) is 0 Å². The molecule has 1 aliphatic heterocycles. The molecule has 1 fully saturated rings. The summed E-state index contributed by atoms with van der Waals surface area (Å²) in [4.78, 5) is 33.7. The molecule has 6 heteroatoms. The van der Waals surface area contributed by atoms with Crippen molar-refractivity contribution in [3.05, 3.63) is 0 Å². The van der Waals surface area contributed by atoms with Crippen molar-refractivity contribution in [1.82, 2.24) is 16.0 Å². The van der Waals surface area contributed by atoms with Gasteiger partial charge in [0.05, 0.1) is 0 Å². The molecular weight excluding hydrogens is 186 g/mol. The molecular formula is C8H13N3O3. The average Bonchev–Trinajstić information content (AvgIpc) is 2.25. The van der Waals surface area contributed by atoms with Gasteiger partial charge in [-0.1, -0.05) is 0 Å². The zero-order chi connectivity index (χ0) is 10.9. The van der Waals surface area contributed by atoms with Crippen LogP contribution in [0.2, 0.25) is 0 Å². The molecule has 1 atom stereocenters. The second-order valence-electron chi connectivity index (χ2n) is 3.66. The molecule has 0 spiro atoms. The lowest BCUT2D eigenvalue weighted by atomic mass is 10.0. The minimum absolute atomic E-state index is 0.0790. The van der Waals surface area contributed by atoms with Gasteiger partial charge in [-0.15, -0.1) is 0 Å². The lowest BCUT2D eigenvalue weighted by molar-refractivity contribution is -0.135. The van der Waals surface area contributed by atoms with E-state index in [4.69, 9.17) is 0 Å². The van der Waals surface area contributed by atoms with Gasteiger partial charge < -0.3 is 10.6 Å². The third-order valence-corrected chi connectivity index (χ3v) is 1.92. The van der Waals surface area contributed by atoms with E-state index in [1.165, 1.54) is 6.92 Å². The third kappa shape index (κ3) is 1.68. The maximum absolute atomic E-state index is 11.5. The molecule has 0 aromatic rings. The van der Waals surface area contributed by atoms with Crippen molar-refractivity contribution >= 4 is 17.8 Å². The Hall–Kier alpha value is -1.59. The third-order valence-electron chi connectivity index (χ3n) is 1.92. The van der Waals surface area contributed by atoms with Gasteiger partial charge in [0.15, 0.2) is 5.54 Å². The van der Waals surface area contributed by atoms with Gasteiger partial charge in [-0.25, -0.2) is 4.79 Å². The number of carbonyl (C=O) groups excluding carboxylic acids is 3. The van der Waals surface area contributed by atoms with Crippen molar-refractivity contribution in [1.29, 1.82) is 0 Å². The van der Waals surface area contributed by atoms with Gasteiger partial charge in [-0.2, -0.15) is 0 Å². The number of carbonyl (C=O) groups is 3. The Kier molecular flexibility index (Phi) is 2.46. The Bertz CT molecular complexity index is 300. The molecule has 1 saturated heterocycles. The number of hydrogen-bond donors (Lipinski definition) is 3. The van der Waals surface area contributed by atoms with Crippen LogP contribution >= 0.6 is 0 Å². The second kappa shape index (κ2) is 3.28. The van der Waals surface area contributed by atoms with Gasteiger partial charge in [-0.3, -0.25) is 14.9 Å². The quantitative estimate of drug-likeness (QED) is 0.398. The highest BCUT2D eigenvalue weighted by atomic mass is 16.2. The second-order valence-corrected chi connectivity index (χ2v) is 3.66. The molecule has 1 rings (SSSR count). The zero-order valence-corrected chi connectivity index (χ0v) is 8.30. The highest BCUT2D eigenvalue weighted by molar-refractivity contribution is 6.19. The maximum Gasteiger partial charge on any atom is 0.322 e. The maximum atomic E-state index is 11.5. The van der Waals surface area contributed by atoms with Crippen LogP contribution in [0.5, 0.6) is 0 Å². The van der Waals surface area contributed by atoms with E-state index in [1.54, 1.807) is 13.8 Å². The first-order chi connectivity index (χ1) is 6.36. The first-order valence-corrected chi connectivity index (χ1v) is 4.31. The molecule has 1 unspecified atom stereocenters. The predicted octanol–water partition coefficient (Wildman–Crippen LogP) is -0.891. The Morgan fingerprint density at radius 2 is 2.00 bits per heavy atom. The van der Waals surface area contributed by atoms with E-state index < -0.39 is 23.4 Å². The zero-order valence-electron chi connectivity index (χ0n) is 8.30. The van der Waals surface area contributed by atoms with Crippen LogP contribution in [-0.2, 0) is 9.59 Å². The van der Waals surface area contributed by atoms with E-state index in [-0.39, 0.29) is 6.04 Å². The highest BCUT2D eigenvalue weighted by Crippen LogP contribution is 2.09. The standard InChI is InChI=1S/C8H13N3O3/c1-4(2)9-5(12)8(3)6(13)10-7(14)11-8/h4H,1-3H3,(H,9,12)(H2,10,11,13,14). The van der Waals surface area contributed by atoms with Gasteiger partial charge in [0, 0.05) is 6.04 Å². The van der Waals surface area contributed by atoms with Crippen molar-refractivity contribution in [3.8, 4) is 0 Å². The molecule has 0 bridgehead atoms.